The van der Waals surface area contributed by atoms with Gasteiger partial charge in [0.1, 0.15) is 0 Å². The van der Waals surface area contributed by atoms with Crippen molar-refractivity contribution < 1.29 is 5.11 Å². The number of hydrogen-bond acceptors (Lipinski definition) is 1. The van der Waals surface area contributed by atoms with Crippen LogP contribution in [-0.4, -0.2) is 11.7 Å². The molecule has 0 aliphatic heterocycles. The first-order valence-electron chi connectivity index (χ1n) is 6.38. The van der Waals surface area contributed by atoms with Gasteiger partial charge < -0.3 is 5.11 Å². The fraction of sp³-hybridized carbons (Fsp3) is 0.250. The third kappa shape index (κ3) is 4.13. The lowest BCUT2D eigenvalue weighted by atomic mass is 9.93. The Bertz CT molecular complexity index is 566. The van der Waals surface area contributed by atoms with Gasteiger partial charge in [0, 0.05) is 11.6 Å². The summed E-state index contributed by atoms with van der Waals surface area (Å²) >= 11 is 18.1. The number of aliphatic hydroxyl groups is 1. The average Bonchev–Trinajstić information content (AvgIpc) is 2.45. The molecule has 0 heterocycles. The first-order valence-corrected chi connectivity index (χ1v) is 7.51. The molecule has 0 amide bonds. The van der Waals surface area contributed by atoms with E-state index >= 15 is 0 Å². The van der Waals surface area contributed by atoms with Gasteiger partial charge in [0.15, 0.2) is 0 Å². The summed E-state index contributed by atoms with van der Waals surface area (Å²) in [5.41, 5.74) is 2.11. The van der Waals surface area contributed by atoms with Crippen LogP contribution in [0, 0.1) is 5.92 Å². The fourth-order valence-corrected chi connectivity index (χ4v) is 2.70. The number of rotatable bonds is 5. The Kier molecular flexibility index (Phi) is 5.74. The van der Waals surface area contributed by atoms with Crippen molar-refractivity contribution in [3.8, 4) is 0 Å². The molecule has 0 fully saturated rings. The zero-order valence-electron chi connectivity index (χ0n) is 10.8. The van der Waals surface area contributed by atoms with Crippen molar-refractivity contribution in [2.75, 3.05) is 6.61 Å². The van der Waals surface area contributed by atoms with Crippen LogP contribution in [0.2, 0.25) is 15.1 Å². The topological polar surface area (TPSA) is 20.2 Å². The molecular weight excluding hydrogens is 315 g/mol. The van der Waals surface area contributed by atoms with E-state index in [1.54, 1.807) is 6.07 Å². The second kappa shape index (κ2) is 7.33. The van der Waals surface area contributed by atoms with Crippen LogP contribution in [0.3, 0.4) is 0 Å². The Morgan fingerprint density at radius 3 is 2.25 bits per heavy atom. The van der Waals surface area contributed by atoms with Crippen molar-refractivity contribution in [3.05, 3.63) is 68.7 Å². The number of benzene rings is 2. The SMILES string of the molecule is OCC(Cc1ccc(Cl)cc1)Cc1cccc(Cl)c1Cl. The first kappa shape index (κ1) is 15.7. The van der Waals surface area contributed by atoms with E-state index in [2.05, 4.69) is 0 Å². The van der Waals surface area contributed by atoms with Crippen LogP contribution in [0.15, 0.2) is 42.5 Å². The Hall–Kier alpha value is -0.730. The molecule has 0 bridgehead atoms. The Morgan fingerprint density at radius 1 is 0.900 bits per heavy atom. The Labute approximate surface area is 134 Å². The molecule has 2 rings (SSSR count). The molecule has 0 saturated heterocycles. The van der Waals surface area contributed by atoms with E-state index in [1.165, 1.54) is 0 Å². The quantitative estimate of drug-likeness (QED) is 0.814. The molecule has 1 unspecified atom stereocenters. The lowest BCUT2D eigenvalue weighted by Crippen LogP contribution is -2.13. The minimum Gasteiger partial charge on any atom is -0.396 e. The summed E-state index contributed by atoms with van der Waals surface area (Å²) in [6, 6.07) is 13.3. The molecule has 4 heteroatoms. The molecule has 0 aromatic heterocycles. The second-order valence-electron chi connectivity index (χ2n) is 4.80. The molecule has 0 saturated carbocycles. The molecule has 0 aliphatic rings. The smallest absolute Gasteiger partial charge is 0.0624 e. The summed E-state index contributed by atoms with van der Waals surface area (Å²) in [4.78, 5) is 0. The standard InChI is InChI=1S/C16H15Cl3O/c17-14-6-4-11(5-7-14)8-12(10-20)9-13-2-1-3-15(18)16(13)19/h1-7,12,20H,8-10H2. The highest BCUT2D eigenvalue weighted by Gasteiger charge is 2.13. The summed E-state index contributed by atoms with van der Waals surface area (Å²) in [6.45, 7) is 0.103. The van der Waals surface area contributed by atoms with Gasteiger partial charge in [-0.1, -0.05) is 59.1 Å². The van der Waals surface area contributed by atoms with E-state index in [4.69, 9.17) is 34.8 Å². The van der Waals surface area contributed by atoms with E-state index in [9.17, 15) is 5.11 Å². The monoisotopic (exact) mass is 328 g/mol. The minimum absolute atomic E-state index is 0.103. The van der Waals surface area contributed by atoms with Gasteiger partial charge in [0.05, 0.1) is 10.0 Å². The normalized spacial score (nSPS) is 12.4. The largest absolute Gasteiger partial charge is 0.396 e. The predicted molar refractivity (Wildman–Crippen MR) is 85.9 cm³/mol. The highest BCUT2D eigenvalue weighted by Crippen LogP contribution is 2.28. The number of hydrogen-bond donors (Lipinski definition) is 1. The zero-order chi connectivity index (χ0) is 14.5. The van der Waals surface area contributed by atoms with Gasteiger partial charge in [-0.3, -0.25) is 0 Å². The van der Waals surface area contributed by atoms with Crippen molar-refractivity contribution in [2.45, 2.75) is 12.8 Å². The summed E-state index contributed by atoms with van der Waals surface area (Å²) in [6.07, 6.45) is 1.47. The molecule has 1 nitrogen and oxygen atoms in total. The molecule has 2 aromatic carbocycles. The van der Waals surface area contributed by atoms with Crippen LogP contribution in [0.4, 0.5) is 0 Å². The van der Waals surface area contributed by atoms with E-state index in [1.807, 2.05) is 36.4 Å². The van der Waals surface area contributed by atoms with Crippen LogP contribution in [0.5, 0.6) is 0 Å². The van der Waals surface area contributed by atoms with Gasteiger partial charge >= 0.3 is 0 Å². The molecule has 0 spiro atoms. The van der Waals surface area contributed by atoms with Crippen LogP contribution >= 0.6 is 34.8 Å². The van der Waals surface area contributed by atoms with E-state index in [0.29, 0.717) is 21.5 Å². The van der Waals surface area contributed by atoms with Gasteiger partial charge in [0.2, 0.25) is 0 Å². The lowest BCUT2D eigenvalue weighted by Gasteiger charge is -2.15. The van der Waals surface area contributed by atoms with E-state index in [-0.39, 0.29) is 12.5 Å². The maximum Gasteiger partial charge on any atom is 0.0624 e. The number of aliphatic hydroxyl groups excluding tert-OH is 1. The van der Waals surface area contributed by atoms with Gasteiger partial charge in [-0.15, -0.1) is 0 Å². The van der Waals surface area contributed by atoms with Crippen LogP contribution < -0.4 is 0 Å². The summed E-state index contributed by atoms with van der Waals surface area (Å²) in [5.74, 6) is 0.104. The molecule has 1 atom stereocenters. The summed E-state index contributed by atoms with van der Waals surface area (Å²) in [5, 5.41) is 11.4. The lowest BCUT2D eigenvalue weighted by molar-refractivity contribution is 0.225. The summed E-state index contributed by atoms with van der Waals surface area (Å²) < 4.78 is 0. The highest BCUT2D eigenvalue weighted by molar-refractivity contribution is 6.42. The van der Waals surface area contributed by atoms with Crippen LogP contribution in [0.1, 0.15) is 11.1 Å². The van der Waals surface area contributed by atoms with Crippen LogP contribution in [-0.2, 0) is 12.8 Å². The molecule has 2 aromatic rings. The maximum absolute atomic E-state index is 9.56. The van der Waals surface area contributed by atoms with Crippen molar-refractivity contribution in [1.29, 1.82) is 0 Å². The van der Waals surface area contributed by atoms with Crippen molar-refractivity contribution in [1.82, 2.24) is 0 Å². The van der Waals surface area contributed by atoms with Gasteiger partial charge in [0.25, 0.3) is 0 Å². The predicted octanol–water partition coefficient (Wildman–Crippen LogP) is 5.04. The Balaban J connectivity index is 2.09. The fourth-order valence-electron chi connectivity index (χ4n) is 2.17. The first-order chi connectivity index (χ1) is 9.60. The minimum atomic E-state index is 0.103. The van der Waals surface area contributed by atoms with Crippen molar-refractivity contribution >= 4 is 34.8 Å². The summed E-state index contributed by atoms with van der Waals surface area (Å²) in [7, 11) is 0. The Morgan fingerprint density at radius 2 is 1.60 bits per heavy atom. The number of halogens is 3. The van der Waals surface area contributed by atoms with Crippen LogP contribution in [0.25, 0.3) is 0 Å². The molecule has 0 aliphatic carbocycles. The van der Waals surface area contributed by atoms with Crippen molar-refractivity contribution in [3.63, 3.8) is 0 Å². The molecule has 1 N–H and O–H groups in total. The zero-order valence-corrected chi connectivity index (χ0v) is 13.1. The third-order valence-electron chi connectivity index (χ3n) is 3.24. The molecular formula is C16H15Cl3O. The van der Waals surface area contributed by atoms with Gasteiger partial charge in [-0.05, 0) is 48.1 Å². The van der Waals surface area contributed by atoms with Crippen molar-refractivity contribution in [2.24, 2.45) is 5.92 Å². The third-order valence-corrected chi connectivity index (χ3v) is 4.35. The average molecular weight is 330 g/mol. The molecule has 20 heavy (non-hydrogen) atoms. The molecule has 0 radical (unpaired) electrons. The van der Waals surface area contributed by atoms with E-state index in [0.717, 1.165) is 17.5 Å². The maximum atomic E-state index is 9.56. The van der Waals surface area contributed by atoms with Gasteiger partial charge in [-0.2, -0.15) is 0 Å². The molecule has 106 valence electrons. The van der Waals surface area contributed by atoms with E-state index < -0.39 is 0 Å². The second-order valence-corrected chi connectivity index (χ2v) is 6.02. The highest BCUT2D eigenvalue weighted by atomic mass is 35.5. The van der Waals surface area contributed by atoms with Gasteiger partial charge in [-0.25, -0.2) is 0 Å².